The molecule has 0 unspecified atom stereocenters. The molecule has 10 aromatic rings. The van der Waals surface area contributed by atoms with Crippen molar-refractivity contribution in [1.82, 2.24) is 14.5 Å². The molecule has 0 spiro atoms. The van der Waals surface area contributed by atoms with E-state index in [1.807, 2.05) is 18.2 Å². The van der Waals surface area contributed by atoms with E-state index in [1.54, 1.807) is 0 Å². The van der Waals surface area contributed by atoms with Crippen LogP contribution < -0.4 is 0 Å². The highest BCUT2D eigenvalue weighted by Crippen LogP contribution is 2.54. The number of fused-ring (bicyclic) bond motifs is 12. The van der Waals surface area contributed by atoms with E-state index in [-0.39, 0.29) is 5.41 Å². The van der Waals surface area contributed by atoms with Gasteiger partial charge in [-0.3, -0.25) is 0 Å². The Hall–Kier alpha value is -6.52. The van der Waals surface area contributed by atoms with E-state index in [2.05, 4.69) is 152 Å². The minimum Gasteiger partial charge on any atom is -0.453 e. The predicted molar refractivity (Wildman–Crippen MR) is 210 cm³/mol. The Morgan fingerprint density at radius 3 is 2.00 bits per heavy atom. The van der Waals surface area contributed by atoms with Gasteiger partial charge in [-0.25, -0.2) is 9.97 Å². The first-order chi connectivity index (χ1) is 25.1. The van der Waals surface area contributed by atoms with Crippen LogP contribution in [-0.4, -0.2) is 14.5 Å². The number of hydrogen-bond acceptors (Lipinski definition) is 3. The van der Waals surface area contributed by atoms with Crippen LogP contribution in [0.25, 0.3) is 94.1 Å². The van der Waals surface area contributed by atoms with Gasteiger partial charge in [0.25, 0.3) is 0 Å². The minimum absolute atomic E-state index is 0.185. The molecular weight excluding hydrogens is 623 g/mol. The third-order valence-electron chi connectivity index (χ3n) is 11.0. The van der Waals surface area contributed by atoms with E-state index >= 15 is 0 Å². The van der Waals surface area contributed by atoms with Gasteiger partial charge < -0.3 is 8.98 Å². The second-order valence-electron chi connectivity index (χ2n) is 14.1. The molecule has 7 aromatic carbocycles. The van der Waals surface area contributed by atoms with Crippen molar-refractivity contribution in [2.45, 2.75) is 19.3 Å². The zero-order chi connectivity index (χ0) is 33.8. The van der Waals surface area contributed by atoms with Crippen LogP contribution in [0.2, 0.25) is 0 Å². The van der Waals surface area contributed by atoms with Crippen LogP contribution in [0.5, 0.6) is 0 Å². The van der Waals surface area contributed by atoms with Gasteiger partial charge in [0.05, 0.1) is 27.9 Å². The van der Waals surface area contributed by atoms with Crippen molar-refractivity contribution in [3.8, 4) is 39.7 Å². The summed E-state index contributed by atoms with van der Waals surface area (Å²) in [5.74, 6) is 1.69. The maximum atomic E-state index is 7.09. The van der Waals surface area contributed by atoms with Gasteiger partial charge in [-0.15, -0.1) is 0 Å². The lowest BCUT2D eigenvalue weighted by Crippen LogP contribution is -2.14. The SMILES string of the molecule is CC1(C)c2ccccc2-c2oc3c(ccc4c5ccccc5n(-c5cc6c(-c7ccccc7)nc(-c7ccccc7)nc6c6ccccc56)c43)c21. The number of aromatic nitrogens is 3. The molecule has 240 valence electrons. The number of para-hydroxylation sites is 1. The van der Waals surface area contributed by atoms with Crippen LogP contribution in [0.4, 0.5) is 0 Å². The summed E-state index contributed by atoms with van der Waals surface area (Å²) < 4.78 is 9.51. The molecule has 4 nitrogen and oxygen atoms in total. The number of hydrogen-bond donors (Lipinski definition) is 0. The Balaban J connectivity index is 1.30. The van der Waals surface area contributed by atoms with Gasteiger partial charge in [-0.1, -0.05) is 153 Å². The molecule has 0 radical (unpaired) electrons. The summed E-state index contributed by atoms with van der Waals surface area (Å²) in [5.41, 5.74) is 11.6. The van der Waals surface area contributed by atoms with Crippen molar-refractivity contribution in [2.24, 2.45) is 0 Å². The van der Waals surface area contributed by atoms with Crippen molar-refractivity contribution >= 4 is 54.5 Å². The van der Waals surface area contributed by atoms with Crippen molar-refractivity contribution in [3.05, 3.63) is 163 Å². The third-order valence-corrected chi connectivity index (χ3v) is 11.0. The van der Waals surface area contributed by atoms with Crippen LogP contribution in [0, 0.1) is 0 Å². The first-order valence-electron chi connectivity index (χ1n) is 17.5. The fraction of sp³-hybridized carbons (Fsp3) is 0.0638. The summed E-state index contributed by atoms with van der Waals surface area (Å²) in [7, 11) is 0. The van der Waals surface area contributed by atoms with Crippen LogP contribution in [0.1, 0.15) is 25.0 Å². The fourth-order valence-corrected chi connectivity index (χ4v) is 8.68. The predicted octanol–water partition coefficient (Wildman–Crippen LogP) is 12.3. The van der Waals surface area contributed by atoms with Crippen LogP contribution >= 0.6 is 0 Å². The van der Waals surface area contributed by atoms with E-state index in [4.69, 9.17) is 14.4 Å². The van der Waals surface area contributed by atoms with E-state index in [9.17, 15) is 0 Å². The topological polar surface area (TPSA) is 43.9 Å². The second-order valence-corrected chi connectivity index (χ2v) is 14.1. The molecule has 0 bridgehead atoms. The highest BCUT2D eigenvalue weighted by Gasteiger charge is 2.40. The number of rotatable bonds is 3. The molecule has 0 atom stereocenters. The molecule has 0 N–H and O–H groups in total. The zero-order valence-electron chi connectivity index (χ0n) is 28.2. The van der Waals surface area contributed by atoms with Crippen molar-refractivity contribution < 1.29 is 4.42 Å². The normalized spacial score (nSPS) is 13.5. The number of nitrogens with zero attached hydrogens (tertiary/aromatic N) is 3. The molecular formula is C47H31N3O. The lowest BCUT2D eigenvalue weighted by Gasteiger charge is -2.20. The Labute approximate surface area is 294 Å². The van der Waals surface area contributed by atoms with Gasteiger partial charge in [0, 0.05) is 60.0 Å². The second kappa shape index (κ2) is 10.3. The molecule has 0 aliphatic heterocycles. The monoisotopic (exact) mass is 653 g/mol. The van der Waals surface area contributed by atoms with Gasteiger partial charge in [-0.2, -0.15) is 0 Å². The Bertz CT molecular complexity index is 3040. The largest absolute Gasteiger partial charge is 0.453 e. The van der Waals surface area contributed by atoms with Gasteiger partial charge in [-0.05, 0) is 17.7 Å². The van der Waals surface area contributed by atoms with Gasteiger partial charge in [0.15, 0.2) is 11.4 Å². The average molecular weight is 654 g/mol. The average Bonchev–Trinajstić information content (AvgIpc) is 3.81. The fourth-order valence-electron chi connectivity index (χ4n) is 8.68. The van der Waals surface area contributed by atoms with E-state index in [0.717, 1.165) is 71.9 Å². The van der Waals surface area contributed by atoms with Crippen LogP contribution in [-0.2, 0) is 5.41 Å². The van der Waals surface area contributed by atoms with E-state index in [0.29, 0.717) is 5.82 Å². The molecule has 3 aromatic heterocycles. The van der Waals surface area contributed by atoms with Crippen molar-refractivity contribution in [1.29, 1.82) is 0 Å². The van der Waals surface area contributed by atoms with Crippen molar-refractivity contribution in [2.75, 3.05) is 0 Å². The lowest BCUT2D eigenvalue weighted by atomic mass is 9.81. The molecule has 51 heavy (non-hydrogen) atoms. The maximum absolute atomic E-state index is 7.09. The van der Waals surface area contributed by atoms with Crippen molar-refractivity contribution in [3.63, 3.8) is 0 Å². The summed E-state index contributed by atoms with van der Waals surface area (Å²) in [6.45, 7) is 4.63. The maximum Gasteiger partial charge on any atom is 0.160 e. The summed E-state index contributed by atoms with van der Waals surface area (Å²) in [4.78, 5) is 10.6. The summed E-state index contributed by atoms with van der Waals surface area (Å²) in [5, 5.41) is 6.72. The summed E-state index contributed by atoms with van der Waals surface area (Å²) in [6.07, 6.45) is 0. The van der Waals surface area contributed by atoms with Crippen LogP contribution in [0.3, 0.4) is 0 Å². The molecule has 3 heterocycles. The highest BCUT2D eigenvalue weighted by atomic mass is 16.3. The van der Waals surface area contributed by atoms with Gasteiger partial charge in [0.1, 0.15) is 5.76 Å². The molecule has 1 aliphatic rings. The van der Waals surface area contributed by atoms with Crippen LogP contribution in [0.15, 0.2) is 156 Å². The molecule has 0 fully saturated rings. The molecule has 11 rings (SSSR count). The Morgan fingerprint density at radius 1 is 0.549 bits per heavy atom. The quantitative estimate of drug-likeness (QED) is 0.178. The van der Waals surface area contributed by atoms with Gasteiger partial charge in [0.2, 0.25) is 0 Å². The number of benzene rings is 7. The Kier molecular flexibility index (Phi) is 5.70. The Morgan fingerprint density at radius 2 is 1.20 bits per heavy atom. The number of furan rings is 1. The molecule has 1 aliphatic carbocycles. The third kappa shape index (κ3) is 3.85. The smallest absolute Gasteiger partial charge is 0.160 e. The molecule has 0 amide bonds. The highest BCUT2D eigenvalue weighted by molar-refractivity contribution is 6.21. The minimum atomic E-state index is -0.185. The summed E-state index contributed by atoms with van der Waals surface area (Å²) in [6, 6.07) is 53.7. The zero-order valence-corrected chi connectivity index (χ0v) is 28.2. The van der Waals surface area contributed by atoms with Gasteiger partial charge >= 0.3 is 0 Å². The first kappa shape index (κ1) is 28.3. The summed E-state index contributed by atoms with van der Waals surface area (Å²) >= 11 is 0. The van der Waals surface area contributed by atoms with E-state index < -0.39 is 0 Å². The van der Waals surface area contributed by atoms with E-state index in [1.165, 1.54) is 27.5 Å². The molecule has 0 saturated heterocycles. The standard InChI is InChI=1S/C47H31N3O/c1-47(2)37-23-13-11-22-34(37)44-40(47)35-26-25-33-31-20-12-14-24-38(31)50(43(33)45(35)51-44)39-27-36-41(28-15-5-3-6-16-28)48-46(29-17-7-4-8-18-29)49-42(36)32-21-10-9-19-30(32)39/h3-27H,1-2H3. The molecule has 4 heteroatoms. The lowest BCUT2D eigenvalue weighted by molar-refractivity contribution is 0.621. The first-order valence-corrected chi connectivity index (χ1v) is 17.5. The molecule has 0 saturated carbocycles.